The molecule has 0 saturated carbocycles. The molecule has 1 aliphatic rings. The van der Waals surface area contributed by atoms with Gasteiger partial charge in [0.05, 0.1) is 6.20 Å². The molecule has 19 heavy (non-hydrogen) atoms. The quantitative estimate of drug-likeness (QED) is 0.697. The van der Waals surface area contributed by atoms with Crippen LogP contribution in [0.3, 0.4) is 0 Å². The smallest absolute Gasteiger partial charge is 0.261 e. The van der Waals surface area contributed by atoms with Gasteiger partial charge >= 0.3 is 0 Å². The van der Waals surface area contributed by atoms with Crippen LogP contribution in [-0.2, 0) is 21.9 Å². The van der Waals surface area contributed by atoms with Crippen LogP contribution in [0.2, 0.25) is 0 Å². The van der Waals surface area contributed by atoms with Gasteiger partial charge in [-0.05, 0) is 6.42 Å². The van der Waals surface area contributed by atoms with Gasteiger partial charge in [0.2, 0.25) is 5.91 Å². The lowest BCUT2D eigenvalue weighted by atomic mass is 10.4. The van der Waals surface area contributed by atoms with Crippen molar-refractivity contribution in [3.05, 3.63) is 6.20 Å². The maximum Gasteiger partial charge on any atom is 0.261 e. The first-order valence-electron chi connectivity index (χ1n) is 6.01. The second-order valence-corrected chi connectivity index (χ2v) is 6.50. The van der Waals surface area contributed by atoms with Crippen LogP contribution in [0.5, 0.6) is 0 Å². The van der Waals surface area contributed by atoms with Crippen LogP contribution >= 0.6 is 0 Å². The van der Waals surface area contributed by atoms with Gasteiger partial charge in [-0.15, -0.1) is 5.10 Å². The average molecular weight is 287 g/mol. The number of carbonyl (C=O) groups is 1. The van der Waals surface area contributed by atoms with Crippen molar-refractivity contribution in [2.24, 2.45) is 7.05 Å². The highest BCUT2D eigenvalue weighted by Gasteiger charge is 2.26. The second kappa shape index (κ2) is 5.25. The molecular weight excluding hydrogens is 270 g/mol. The number of aromatic nitrogens is 3. The van der Waals surface area contributed by atoms with Crippen molar-refractivity contribution >= 4 is 15.9 Å². The summed E-state index contributed by atoms with van der Waals surface area (Å²) in [6.45, 7) is 1.39. The number of hydrogen-bond donors (Lipinski definition) is 0. The van der Waals surface area contributed by atoms with E-state index in [0.29, 0.717) is 19.5 Å². The first kappa shape index (κ1) is 13.9. The summed E-state index contributed by atoms with van der Waals surface area (Å²) in [5.41, 5.74) is 0. The highest BCUT2D eigenvalue weighted by atomic mass is 32.2. The van der Waals surface area contributed by atoms with Gasteiger partial charge in [0.25, 0.3) is 10.0 Å². The molecule has 8 nitrogen and oxygen atoms in total. The fraction of sp³-hybridized carbons (Fsp3) is 0.700. The molecule has 9 heteroatoms. The highest BCUT2D eigenvalue weighted by Crippen LogP contribution is 2.13. The third kappa shape index (κ3) is 2.76. The number of nitrogens with zero attached hydrogens (tertiary/aromatic N) is 5. The summed E-state index contributed by atoms with van der Waals surface area (Å²) in [5.74, 6) is 0.0907. The minimum absolute atomic E-state index is 0.0442. The Kier molecular flexibility index (Phi) is 3.85. The number of likely N-dealkylation sites (tertiary alicyclic amines) is 1. The van der Waals surface area contributed by atoms with Crippen LogP contribution in [0.4, 0.5) is 0 Å². The number of hydrogen-bond acceptors (Lipinski definition) is 5. The molecule has 106 valence electrons. The van der Waals surface area contributed by atoms with Crippen molar-refractivity contribution in [3.63, 3.8) is 0 Å². The molecule has 1 fully saturated rings. The van der Waals surface area contributed by atoms with Crippen LogP contribution in [0.25, 0.3) is 0 Å². The Bertz CT molecular complexity index is 567. The average Bonchev–Trinajstić information content (AvgIpc) is 2.95. The highest BCUT2D eigenvalue weighted by molar-refractivity contribution is 7.89. The summed E-state index contributed by atoms with van der Waals surface area (Å²) >= 11 is 0. The molecule has 0 aromatic carbocycles. The fourth-order valence-corrected chi connectivity index (χ4v) is 3.19. The number of likely N-dealkylation sites (N-methyl/N-ethyl adjacent to an activating group) is 1. The predicted molar refractivity (Wildman–Crippen MR) is 66.6 cm³/mol. The van der Waals surface area contributed by atoms with Crippen LogP contribution in [0.1, 0.15) is 12.8 Å². The number of rotatable bonds is 5. The van der Waals surface area contributed by atoms with E-state index in [1.54, 1.807) is 4.90 Å². The zero-order valence-electron chi connectivity index (χ0n) is 11.0. The molecule has 2 rings (SSSR count). The summed E-state index contributed by atoms with van der Waals surface area (Å²) in [4.78, 5) is 13.1. The van der Waals surface area contributed by atoms with E-state index < -0.39 is 10.0 Å². The van der Waals surface area contributed by atoms with Gasteiger partial charge in [-0.2, -0.15) is 4.31 Å². The summed E-state index contributed by atoms with van der Waals surface area (Å²) < 4.78 is 26.9. The Balaban J connectivity index is 2.01. The standard InChI is InChI=1S/C10H17N5O3S/c1-13(6-7-15-5-3-4-9(15)16)19(17,18)10-8-11-12-14(10)2/h8H,3-7H2,1-2H3. The monoisotopic (exact) mass is 287 g/mol. The summed E-state index contributed by atoms with van der Waals surface area (Å²) in [6, 6.07) is 0. The van der Waals surface area contributed by atoms with E-state index in [1.165, 1.54) is 29.3 Å². The first-order valence-corrected chi connectivity index (χ1v) is 7.45. The van der Waals surface area contributed by atoms with Crippen molar-refractivity contribution < 1.29 is 13.2 Å². The van der Waals surface area contributed by atoms with Crippen molar-refractivity contribution in [3.8, 4) is 0 Å². The minimum atomic E-state index is -3.60. The summed E-state index contributed by atoms with van der Waals surface area (Å²) in [6.07, 6.45) is 2.62. The first-order chi connectivity index (χ1) is 8.93. The van der Waals surface area contributed by atoms with Gasteiger partial charge in [0, 0.05) is 40.2 Å². The van der Waals surface area contributed by atoms with E-state index in [9.17, 15) is 13.2 Å². The third-order valence-corrected chi connectivity index (χ3v) is 5.11. The normalized spacial score (nSPS) is 16.6. The molecule has 1 aromatic heterocycles. The molecule has 1 aliphatic heterocycles. The van der Waals surface area contributed by atoms with E-state index >= 15 is 0 Å². The maximum absolute atomic E-state index is 12.2. The topological polar surface area (TPSA) is 88.4 Å². The Morgan fingerprint density at radius 1 is 1.47 bits per heavy atom. The molecule has 1 amide bonds. The van der Waals surface area contributed by atoms with Crippen LogP contribution in [0.15, 0.2) is 11.2 Å². The second-order valence-electron chi connectivity index (χ2n) is 4.51. The molecule has 1 aromatic rings. The van der Waals surface area contributed by atoms with Crippen LogP contribution in [-0.4, -0.2) is 65.2 Å². The van der Waals surface area contributed by atoms with Crippen molar-refractivity contribution in [2.75, 3.05) is 26.7 Å². The van der Waals surface area contributed by atoms with Gasteiger partial charge < -0.3 is 4.90 Å². The van der Waals surface area contributed by atoms with Crippen LogP contribution in [0, 0.1) is 0 Å². The van der Waals surface area contributed by atoms with Gasteiger partial charge in [-0.25, -0.2) is 13.1 Å². The van der Waals surface area contributed by atoms with Gasteiger partial charge in [-0.1, -0.05) is 5.21 Å². The minimum Gasteiger partial charge on any atom is -0.341 e. The van der Waals surface area contributed by atoms with E-state index in [1.807, 2.05) is 0 Å². The lowest BCUT2D eigenvalue weighted by Crippen LogP contribution is -2.37. The molecule has 0 bridgehead atoms. The van der Waals surface area contributed by atoms with E-state index in [4.69, 9.17) is 0 Å². The maximum atomic E-state index is 12.2. The number of aryl methyl sites for hydroxylation is 1. The lowest BCUT2D eigenvalue weighted by Gasteiger charge is -2.21. The summed E-state index contributed by atoms with van der Waals surface area (Å²) in [5, 5.41) is 7.22. The fourth-order valence-electron chi connectivity index (χ4n) is 2.00. The summed E-state index contributed by atoms with van der Waals surface area (Å²) in [7, 11) is -0.588. The number of amides is 1. The number of carbonyl (C=O) groups excluding carboxylic acids is 1. The van der Waals surface area contributed by atoms with Gasteiger partial charge in [0.1, 0.15) is 0 Å². The number of sulfonamides is 1. The molecule has 0 aliphatic carbocycles. The van der Waals surface area contributed by atoms with Crippen LogP contribution < -0.4 is 0 Å². The lowest BCUT2D eigenvalue weighted by molar-refractivity contribution is -0.127. The SMILES string of the molecule is CN(CCN1CCCC1=O)S(=O)(=O)c1cnnn1C. The van der Waals surface area contributed by atoms with Crippen molar-refractivity contribution in [1.82, 2.24) is 24.2 Å². The van der Waals surface area contributed by atoms with Gasteiger partial charge in [-0.3, -0.25) is 4.79 Å². The van der Waals surface area contributed by atoms with Gasteiger partial charge in [0.15, 0.2) is 5.03 Å². The zero-order valence-corrected chi connectivity index (χ0v) is 11.8. The van der Waals surface area contributed by atoms with E-state index in [0.717, 1.165) is 6.42 Å². The molecule has 0 atom stereocenters. The largest absolute Gasteiger partial charge is 0.341 e. The van der Waals surface area contributed by atoms with E-state index in [-0.39, 0.29) is 17.5 Å². The van der Waals surface area contributed by atoms with Crippen molar-refractivity contribution in [2.45, 2.75) is 17.9 Å². The predicted octanol–water partition coefficient (Wildman–Crippen LogP) is -0.942. The molecule has 1 saturated heterocycles. The molecule has 0 unspecified atom stereocenters. The Morgan fingerprint density at radius 3 is 2.74 bits per heavy atom. The zero-order chi connectivity index (χ0) is 14.0. The van der Waals surface area contributed by atoms with E-state index in [2.05, 4.69) is 10.3 Å². The molecule has 0 N–H and O–H groups in total. The molecule has 0 spiro atoms. The Morgan fingerprint density at radius 2 is 2.21 bits per heavy atom. The molecular formula is C10H17N5O3S. The Hall–Kier alpha value is -1.48. The Labute approximate surface area is 112 Å². The molecule has 2 heterocycles. The van der Waals surface area contributed by atoms with Crippen molar-refractivity contribution in [1.29, 1.82) is 0 Å². The molecule has 0 radical (unpaired) electrons. The third-order valence-electron chi connectivity index (χ3n) is 3.20.